The van der Waals surface area contributed by atoms with E-state index >= 15 is 0 Å². The van der Waals surface area contributed by atoms with Crippen LogP contribution in [0.3, 0.4) is 0 Å². The molecule has 1 saturated heterocycles. The van der Waals surface area contributed by atoms with E-state index in [4.69, 9.17) is 0 Å². The zero-order valence-corrected chi connectivity index (χ0v) is 14.8. The molecule has 25 heavy (non-hydrogen) atoms. The molecule has 0 N–H and O–H groups in total. The standard InChI is InChI=1S/C19H25N5O/c1-21-15-20-17-13-22(8-7-18(17)21)14-19(25)24-11-9-23(10-12-24)16-5-3-2-4-6-16/h2-6,15H,7-14H2,1H3. The van der Waals surface area contributed by atoms with Crippen molar-refractivity contribution in [2.24, 2.45) is 7.05 Å². The molecular weight excluding hydrogens is 314 g/mol. The zero-order valence-electron chi connectivity index (χ0n) is 14.8. The van der Waals surface area contributed by atoms with Crippen molar-refractivity contribution >= 4 is 11.6 Å². The predicted molar refractivity (Wildman–Crippen MR) is 97.4 cm³/mol. The minimum atomic E-state index is 0.243. The Labute approximate surface area is 148 Å². The van der Waals surface area contributed by atoms with Gasteiger partial charge in [-0.1, -0.05) is 18.2 Å². The van der Waals surface area contributed by atoms with Crippen LogP contribution in [-0.2, 0) is 24.8 Å². The van der Waals surface area contributed by atoms with Crippen molar-refractivity contribution in [3.8, 4) is 0 Å². The SMILES string of the molecule is Cn1cnc2c1CCN(CC(=O)N1CCN(c3ccccc3)CC1)C2. The second-order valence-corrected chi connectivity index (χ2v) is 6.91. The lowest BCUT2D eigenvalue weighted by molar-refractivity contribution is -0.133. The van der Waals surface area contributed by atoms with Crippen LogP contribution in [0.5, 0.6) is 0 Å². The highest BCUT2D eigenvalue weighted by molar-refractivity contribution is 5.78. The lowest BCUT2D eigenvalue weighted by Gasteiger charge is -2.37. The normalized spacial score (nSPS) is 18.3. The van der Waals surface area contributed by atoms with Crippen molar-refractivity contribution in [2.45, 2.75) is 13.0 Å². The summed E-state index contributed by atoms with van der Waals surface area (Å²) >= 11 is 0. The van der Waals surface area contributed by atoms with Crippen molar-refractivity contribution in [1.82, 2.24) is 19.4 Å². The van der Waals surface area contributed by atoms with E-state index in [1.807, 2.05) is 24.3 Å². The first-order chi connectivity index (χ1) is 12.2. The van der Waals surface area contributed by atoms with Gasteiger partial charge in [0.15, 0.2) is 0 Å². The van der Waals surface area contributed by atoms with Gasteiger partial charge in [-0.25, -0.2) is 4.98 Å². The summed E-state index contributed by atoms with van der Waals surface area (Å²) < 4.78 is 2.09. The second kappa shape index (κ2) is 6.88. The number of aryl methyl sites for hydroxylation is 1. The average Bonchev–Trinajstić information content (AvgIpc) is 3.03. The van der Waals surface area contributed by atoms with Gasteiger partial charge in [0.25, 0.3) is 0 Å². The van der Waals surface area contributed by atoms with Crippen LogP contribution >= 0.6 is 0 Å². The zero-order chi connectivity index (χ0) is 17.2. The van der Waals surface area contributed by atoms with Crippen LogP contribution in [0.2, 0.25) is 0 Å². The number of benzene rings is 1. The number of imidazole rings is 1. The molecular formula is C19H25N5O. The van der Waals surface area contributed by atoms with E-state index in [-0.39, 0.29) is 5.91 Å². The molecule has 0 spiro atoms. The van der Waals surface area contributed by atoms with Gasteiger partial charge < -0.3 is 14.4 Å². The predicted octanol–water partition coefficient (Wildman–Crippen LogP) is 1.13. The van der Waals surface area contributed by atoms with Gasteiger partial charge in [-0.05, 0) is 12.1 Å². The van der Waals surface area contributed by atoms with Crippen LogP contribution in [0.25, 0.3) is 0 Å². The summed E-state index contributed by atoms with van der Waals surface area (Å²) in [6, 6.07) is 10.4. The molecule has 4 rings (SSSR count). The van der Waals surface area contributed by atoms with E-state index < -0.39 is 0 Å². The first-order valence-corrected chi connectivity index (χ1v) is 9.00. The molecule has 1 fully saturated rings. The Morgan fingerprint density at radius 2 is 1.84 bits per heavy atom. The van der Waals surface area contributed by atoms with Gasteiger partial charge >= 0.3 is 0 Å². The third-order valence-corrected chi connectivity index (χ3v) is 5.30. The first kappa shape index (κ1) is 16.1. The third kappa shape index (κ3) is 3.39. The van der Waals surface area contributed by atoms with E-state index in [9.17, 15) is 4.79 Å². The minimum Gasteiger partial charge on any atom is -0.368 e. The molecule has 0 radical (unpaired) electrons. The molecule has 1 aromatic carbocycles. The van der Waals surface area contributed by atoms with Crippen LogP contribution in [0.15, 0.2) is 36.7 Å². The van der Waals surface area contributed by atoms with Gasteiger partial charge in [-0.15, -0.1) is 0 Å². The molecule has 2 aromatic rings. The van der Waals surface area contributed by atoms with Gasteiger partial charge in [-0.2, -0.15) is 0 Å². The Bertz CT molecular complexity index is 734. The van der Waals surface area contributed by atoms with E-state index in [0.29, 0.717) is 6.54 Å². The molecule has 1 aromatic heterocycles. The molecule has 0 bridgehead atoms. The number of piperazine rings is 1. The lowest BCUT2D eigenvalue weighted by atomic mass is 10.1. The fourth-order valence-electron chi connectivity index (χ4n) is 3.79. The topological polar surface area (TPSA) is 44.6 Å². The van der Waals surface area contributed by atoms with E-state index in [1.165, 1.54) is 11.4 Å². The number of para-hydroxylation sites is 1. The van der Waals surface area contributed by atoms with Crippen molar-refractivity contribution in [2.75, 3.05) is 44.2 Å². The number of aromatic nitrogens is 2. The van der Waals surface area contributed by atoms with Gasteiger partial charge in [0.1, 0.15) is 0 Å². The number of anilines is 1. The summed E-state index contributed by atoms with van der Waals surface area (Å²) in [4.78, 5) is 23.7. The van der Waals surface area contributed by atoms with Crippen LogP contribution in [-0.4, -0.2) is 64.5 Å². The molecule has 1 amide bonds. The van der Waals surface area contributed by atoms with E-state index in [1.54, 1.807) is 0 Å². The van der Waals surface area contributed by atoms with Crippen molar-refractivity contribution in [3.63, 3.8) is 0 Å². The highest BCUT2D eigenvalue weighted by Gasteiger charge is 2.25. The first-order valence-electron chi connectivity index (χ1n) is 9.00. The highest BCUT2D eigenvalue weighted by Crippen LogP contribution is 2.18. The number of hydrogen-bond donors (Lipinski definition) is 0. The van der Waals surface area contributed by atoms with Gasteiger partial charge in [-0.3, -0.25) is 9.69 Å². The number of nitrogens with zero attached hydrogens (tertiary/aromatic N) is 5. The number of carbonyl (C=O) groups is 1. The number of fused-ring (bicyclic) bond motifs is 1. The van der Waals surface area contributed by atoms with Gasteiger partial charge in [0.05, 0.1) is 18.6 Å². The molecule has 2 aliphatic heterocycles. The highest BCUT2D eigenvalue weighted by atomic mass is 16.2. The maximum Gasteiger partial charge on any atom is 0.236 e. The van der Waals surface area contributed by atoms with Crippen molar-refractivity contribution in [1.29, 1.82) is 0 Å². The maximum atomic E-state index is 12.7. The Hall–Kier alpha value is -2.34. The molecule has 0 aliphatic carbocycles. The van der Waals surface area contributed by atoms with Crippen LogP contribution in [0.1, 0.15) is 11.4 Å². The summed E-state index contributed by atoms with van der Waals surface area (Å²) in [6.07, 6.45) is 2.85. The quantitative estimate of drug-likeness (QED) is 0.841. The number of rotatable bonds is 3. The molecule has 2 aliphatic rings. The number of amides is 1. The Balaban J connectivity index is 1.30. The largest absolute Gasteiger partial charge is 0.368 e. The van der Waals surface area contributed by atoms with Crippen LogP contribution in [0.4, 0.5) is 5.69 Å². The fraction of sp³-hybridized carbons (Fsp3) is 0.474. The molecule has 3 heterocycles. The Morgan fingerprint density at radius 3 is 2.60 bits per heavy atom. The third-order valence-electron chi connectivity index (χ3n) is 5.30. The summed E-state index contributed by atoms with van der Waals surface area (Å²) in [6.45, 7) is 5.63. The Kier molecular flexibility index (Phi) is 4.44. The number of hydrogen-bond acceptors (Lipinski definition) is 4. The maximum absolute atomic E-state index is 12.7. The van der Waals surface area contributed by atoms with Gasteiger partial charge in [0.2, 0.25) is 5.91 Å². The molecule has 0 saturated carbocycles. The van der Waals surface area contributed by atoms with Crippen molar-refractivity contribution < 1.29 is 4.79 Å². The van der Waals surface area contributed by atoms with Crippen molar-refractivity contribution in [3.05, 3.63) is 48.0 Å². The minimum absolute atomic E-state index is 0.243. The monoisotopic (exact) mass is 339 g/mol. The summed E-state index contributed by atoms with van der Waals surface area (Å²) in [5.41, 5.74) is 3.67. The van der Waals surface area contributed by atoms with E-state index in [0.717, 1.165) is 51.4 Å². The van der Waals surface area contributed by atoms with E-state index in [2.05, 4.69) is 43.6 Å². The number of carbonyl (C=O) groups excluding carboxylic acids is 1. The second-order valence-electron chi connectivity index (χ2n) is 6.91. The molecule has 132 valence electrons. The van der Waals surface area contributed by atoms with Gasteiger partial charge in [0, 0.05) is 64.1 Å². The fourth-order valence-corrected chi connectivity index (χ4v) is 3.79. The molecule has 6 heteroatoms. The molecule has 0 atom stereocenters. The smallest absolute Gasteiger partial charge is 0.236 e. The Morgan fingerprint density at radius 1 is 1.08 bits per heavy atom. The van der Waals surface area contributed by atoms with Crippen LogP contribution < -0.4 is 4.90 Å². The summed E-state index contributed by atoms with van der Waals surface area (Å²) in [5.74, 6) is 0.243. The summed E-state index contributed by atoms with van der Waals surface area (Å²) in [5, 5.41) is 0. The molecule has 0 unspecified atom stereocenters. The summed E-state index contributed by atoms with van der Waals surface area (Å²) in [7, 11) is 2.04. The lowest BCUT2D eigenvalue weighted by Crippen LogP contribution is -2.51. The van der Waals surface area contributed by atoms with Crippen LogP contribution in [0, 0.1) is 0 Å². The average molecular weight is 339 g/mol. The molecule has 6 nitrogen and oxygen atoms in total.